The fourth-order valence-electron chi connectivity index (χ4n) is 3.65. The number of carboxylic acids is 1. The zero-order valence-electron chi connectivity index (χ0n) is 14.1. The topological polar surface area (TPSA) is 70.8 Å². The van der Waals surface area contributed by atoms with Crippen molar-refractivity contribution in [1.29, 1.82) is 0 Å². The number of carbonyl (C=O) groups excluding carboxylic acids is 1. The zero-order valence-corrected chi connectivity index (χ0v) is 14.1. The fourth-order valence-corrected chi connectivity index (χ4v) is 3.65. The molecule has 1 aromatic carbocycles. The Morgan fingerprint density at radius 1 is 1.29 bits per heavy atom. The second-order valence-electron chi connectivity index (χ2n) is 6.53. The van der Waals surface area contributed by atoms with Gasteiger partial charge < -0.3 is 14.4 Å². The summed E-state index contributed by atoms with van der Waals surface area (Å²) in [6, 6.07) is 9.59. The molecule has 1 aliphatic carbocycles. The molecule has 1 N–H and O–H groups in total. The first-order valence-corrected chi connectivity index (χ1v) is 8.53. The van der Waals surface area contributed by atoms with E-state index in [1.807, 2.05) is 44.2 Å². The summed E-state index contributed by atoms with van der Waals surface area (Å²) >= 11 is 0. The number of hydrogen-bond acceptors (Lipinski definition) is 3. The molecule has 5 nitrogen and oxygen atoms in total. The summed E-state index contributed by atoms with van der Waals surface area (Å²) in [6.07, 6.45) is 1.68. The van der Waals surface area contributed by atoms with Gasteiger partial charge in [0.05, 0.1) is 12.0 Å². The average molecular weight is 329 g/mol. The maximum Gasteiger partial charge on any atom is 0.306 e. The van der Waals surface area contributed by atoms with Gasteiger partial charge in [-0.25, -0.2) is 0 Å². The van der Waals surface area contributed by atoms with E-state index in [1.165, 1.54) is 0 Å². The molecule has 2 aromatic rings. The van der Waals surface area contributed by atoms with Crippen LogP contribution in [-0.2, 0) is 9.59 Å². The SMILES string of the molecule is CCN(C(=O)[C@@H]1CC[C@H](C(=O)O)C1)C(C)c1cc2ccccc2o1. The van der Waals surface area contributed by atoms with Crippen molar-refractivity contribution in [2.24, 2.45) is 11.8 Å². The molecule has 1 fully saturated rings. The highest BCUT2D eigenvalue weighted by Gasteiger charge is 2.37. The molecule has 0 aliphatic heterocycles. The Morgan fingerprint density at radius 3 is 2.62 bits per heavy atom. The number of amides is 1. The van der Waals surface area contributed by atoms with E-state index >= 15 is 0 Å². The highest BCUT2D eigenvalue weighted by molar-refractivity contribution is 5.82. The van der Waals surface area contributed by atoms with Crippen molar-refractivity contribution in [2.45, 2.75) is 39.2 Å². The number of hydrogen-bond donors (Lipinski definition) is 1. The summed E-state index contributed by atoms with van der Waals surface area (Å²) in [5, 5.41) is 10.2. The van der Waals surface area contributed by atoms with Crippen LogP contribution in [-0.4, -0.2) is 28.4 Å². The molecular weight excluding hydrogens is 306 g/mol. The lowest BCUT2D eigenvalue weighted by molar-refractivity contribution is -0.142. The first kappa shape index (κ1) is 16.6. The van der Waals surface area contributed by atoms with Crippen molar-refractivity contribution in [3.63, 3.8) is 0 Å². The van der Waals surface area contributed by atoms with Crippen LogP contribution < -0.4 is 0 Å². The molecule has 1 amide bonds. The van der Waals surface area contributed by atoms with Crippen LogP contribution in [0.25, 0.3) is 11.0 Å². The number of furan rings is 1. The van der Waals surface area contributed by atoms with E-state index < -0.39 is 5.97 Å². The van der Waals surface area contributed by atoms with Crippen LogP contribution >= 0.6 is 0 Å². The number of benzene rings is 1. The zero-order chi connectivity index (χ0) is 17.3. The number of nitrogens with zero attached hydrogens (tertiary/aromatic N) is 1. The highest BCUT2D eigenvalue weighted by Crippen LogP contribution is 2.35. The summed E-state index contributed by atoms with van der Waals surface area (Å²) in [5.41, 5.74) is 0.814. The summed E-state index contributed by atoms with van der Waals surface area (Å²) < 4.78 is 5.90. The monoisotopic (exact) mass is 329 g/mol. The number of rotatable bonds is 5. The van der Waals surface area contributed by atoms with E-state index in [0.29, 0.717) is 25.8 Å². The lowest BCUT2D eigenvalue weighted by atomic mass is 10.0. The maximum absolute atomic E-state index is 12.9. The molecule has 1 aromatic heterocycles. The minimum absolute atomic E-state index is 0.0363. The van der Waals surface area contributed by atoms with Crippen LogP contribution in [0.3, 0.4) is 0 Å². The summed E-state index contributed by atoms with van der Waals surface area (Å²) in [7, 11) is 0. The minimum atomic E-state index is -0.793. The van der Waals surface area contributed by atoms with Gasteiger partial charge in [-0.15, -0.1) is 0 Å². The van der Waals surface area contributed by atoms with Crippen molar-refractivity contribution >= 4 is 22.8 Å². The van der Waals surface area contributed by atoms with Gasteiger partial charge >= 0.3 is 5.97 Å². The molecule has 1 heterocycles. The van der Waals surface area contributed by atoms with Gasteiger partial charge in [0.15, 0.2) is 0 Å². The Morgan fingerprint density at radius 2 is 2.00 bits per heavy atom. The molecule has 5 heteroatoms. The quantitative estimate of drug-likeness (QED) is 0.904. The van der Waals surface area contributed by atoms with Crippen LogP contribution in [0.15, 0.2) is 34.7 Å². The van der Waals surface area contributed by atoms with Crippen molar-refractivity contribution in [2.75, 3.05) is 6.54 Å². The van der Waals surface area contributed by atoms with Gasteiger partial charge in [0.2, 0.25) is 5.91 Å². The Hall–Kier alpha value is -2.30. The van der Waals surface area contributed by atoms with E-state index in [9.17, 15) is 9.59 Å². The number of para-hydroxylation sites is 1. The van der Waals surface area contributed by atoms with Gasteiger partial charge in [0.25, 0.3) is 0 Å². The minimum Gasteiger partial charge on any atom is -0.481 e. The molecule has 0 saturated heterocycles. The Balaban J connectivity index is 1.77. The van der Waals surface area contributed by atoms with E-state index in [0.717, 1.165) is 16.7 Å². The fraction of sp³-hybridized carbons (Fsp3) is 0.474. The molecule has 24 heavy (non-hydrogen) atoms. The molecule has 3 atom stereocenters. The van der Waals surface area contributed by atoms with Gasteiger partial charge in [0, 0.05) is 17.8 Å². The molecule has 1 unspecified atom stereocenters. The normalized spacial score (nSPS) is 21.8. The van der Waals surface area contributed by atoms with Crippen LogP contribution in [0.4, 0.5) is 0 Å². The van der Waals surface area contributed by atoms with Crippen LogP contribution in [0.5, 0.6) is 0 Å². The number of carboxylic acid groups (broad SMARTS) is 1. The molecule has 0 spiro atoms. The van der Waals surface area contributed by atoms with Crippen molar-refractivity contribution < 1.29 is 19.1 Å². The molecule has 0 bridgehead atoms. The van der Waals surface area contributed by atoms with Crippen molar-refractivity contribution in [1.82, 2.24) is 4.90 Å². The summed E-state index contributed by atoms with van der Waals surface area (Å²) in [6.45, 7) is 4.48. The van der Waals surface area contributed by atoms with E-state index in [4.69, 9.17) is 9.52 Å². The highest BCUT2D eigenvalue weighted by atomic mass is 16.4. The van der Waals surface area contributed by atoms with Crippen LogP contribution in [0, 0.1) is 11.8 Å². The smallest absolute Gasteiger partial charge is 0.306 e. The number of carbonyl (C=O) groups is 2. The van der Waals surface area contributed by atoms with Crippen molar-refractivity contribution in [3.05, 3.63) is 36.1 Å². The standard InChI is InChI=1S/C19H23NO4/c1-3-20(18(21)14-8-9-15(10-14)19(22)23)12(2)17-11-13-6-4-5-7-16(13)24-17/h4-7,11-12,14-15H,3,8-10H2,1-2H3,(H,22,23)/t12?,14-,15+/m1/s1. The average Bonchev–Trinajstić information content (AvgIpc) is 3.22. The largest absolute Gasteiger partial charge is 0.481 e. The molecular formula is C19H23NO4. The second kappa shape index (κ2) is 6.67. The Bertz CT molecular complexity index is 718. The lowest BCUT2D eigenvalue weighted by Gasteiger charge is -2.29. The Labute approximate surface area is 141 Å². The van der Waals surface area contributed by atoms with Gasteiger partial charge in [0.1, 0.15) is 11.3 Å². The third-order valence-corrected chi connectivity index (χ3v) is 5.08. The first-order valence-electron chi connectivity index (χ1n) is 8.53. The molecule has 3 rings (SSSR count). The van der Waals surface area contributed by atoms with Crippen LogP contribution in [0.1, 0.15) is 44.9 Å². The van der Waals surface area contributed by atoms with Gasteiger partial charge in [-0.05, 0) is 45.2 Å². The molecule has 128 valence electrons. The van der Waals surface area contributed by atoms with E-state index in [1.54, 1.807) is 4.90 Å². The first-order chi connectivity index (χ1) is 11.5. The number of fused-ring (bicyclic) bond motifs is 1. The molecule has 1 saturated carbocycles. The van der Waals surface area contributed by atoms with Crippen molar-refractivity contribution in [3.8, 4) is 0 Å². The maximum atomic E-state index is 12.9. The van der Waals surface area contributed by atoms with Crippen LogP contribution in [0.2, 0.25) is 0 Å². The lowest BCUT2D eigenvalue weighted by Crippen LogP contribution is -2.37. The summed E-state index contributed by atoms with van der Waals surface area (Å²) in [4.78, 5) is 25.8. The second-order valence-corrected chi connectivity index (χ2v) is 6.53. The predicted molar refractivity (Wildman–Crippen MR) is 90.5 cm³/mol. The molecule has 1 aliphatic rings. The van der Waals surface area contributed by atoms with Gasteiger partial charge in [-0.1, -0.05) is 18.2 Å². The summed E-state index contributed by atoms with van der Waals surface area (Å²) in [5.74, 6) is -0.580. The predicted octanol–water partition coefficient (Wildman–Crippen LogP) is 3.84. The molecule has 0 radical (unpaired) electrons. The van der Waals surface area contributed by atoms with E-state index in [-0.39, 0.29) is 23.8 Å². The van der Waals surface area contributed by atoms with E-state index in [2.05, 4.69) is 0 Å². The number of aliphatic carboxylic acids is 1. The third kappa shape index (κ3) is 3.03. The Kier molecular flexibility index (Phi) is 4.60. The van der Waals surface area contributed by atoms with Gasteiger partial charge in [-0.2, -0.15) is 0 Å². The van der Waals surface area contributed by atoms with Gasteiger partial charge in [-0.3, -0.25) is 9.59 Å². The third-order valence-electron chi connectivity index (χ3n) is 5.08.